The molecule has 1 aromatic rings. The second kappa shape index (κ2) is 5.41. The maximum atomic E-state index is 5.35. The standard InChI is InChI=1S/C10H18N2OS/c1-8-9(2)11-12(10(8)3)4-5-13-6-7-14/h14H,4-7H2,1-3H3. The van der Waals surface area contributed by atoms with Gasteiger partial charge < -0.3 is 4.74 Å². The van der Waals surface area contributed by atoms with Gasteiger partial charge in [0.05, 0.1) is 25.5 Å². The topological polar surface area (TPSA) is 27.1 Å². The molecule has 0 saturated heterocycles. The minimum absolute atomic E-state index is 0.710. The van der Waals surface area contributed by atoms with E-state index < -0.39 is 0 Å². The smallest absolute Gasteiger partial charge is 0.0663 e. The van der Waals surface area contributed by atoms with E-state index in [4.69, 9.17) is 4.74 Å². The van der Waals surface area contributed by atoms with Crippen LogP contribution in [0.25, 0.3) is 0 Å². The fourth-order valence-corrected chi connectivity index (χ4v) is 1.45. The Labute approximate surface area is 90.9 Å². The van der Waals surface area contributed by atoms with Crippen LogP contribution in [0.15, 0.2) is 0 Å². The molecule has 0 amide bonds. The summed E-state index contributed by atoms with van der Waals surface area (Å²) in [6.07, 6.45) is 0. The third-order valence-corrected chi connectivity index (χ3v) is 2.61. The van der Waals surface area contributed by atoms with E-state index in [0.717, 1.165) is 18.0 Å². The van der Waals surface area contributed by atoms with Crippen LogP contribution in [0, 0.1) is 20.8 Å². The summed E-state index contributed by atoms with van der Waals surface area (Å²) in [5, 5.41) is 4.42. The molecule has 0 aliphatic heterocycles. The Balaban J connectivity index is 2.47. The van der Waals surface area contributed by atoms with Gasteiger partial charge in [0.1, 0.15) is 0 Å². The summed E-state index contributed by atoms with van der Waals surface area (Å²) in [6.45, 7) is 8.47. The third kappa shape index (κ3) is 2.75. The van der Waals surface area contributed by atoms with Crippen LogP contribution in [0.4, 0.5) is 0 Å². The lowest BCUT2D eigenvalue weighted by atomic mass is 10.2. The number of aryl methyl sites for hydroxylation is 1. The van der Waals surface area contributed by atoms with Gasteiger partial charge >= 0.3 is 0 Å². The average Bonchev–Trinajstić information content (AvgIpc) is 2.41. The monoisotopic (exact) mass is 214 g/mol. The van der Waals surface area contributed by atoms with Gasteiger partial charge in [0.15, 0.2) is 0 Å². The van der Waals surface area contributed by atoms with Crippen molar-refractivity contribution >= 4 is 12.6 Å². The van der Waals surface area contributed by atoms with Gasteiger partial charge in [0.2, 0.25) is 0 Å². The molecule has 0 saturated carbocycles. The minimum atomic E-state index is 0.710. The summed E-state index contributed by atoms with van der Waals surface area (Å²) in [4.78, 5) is 0. The van der Waals surface area contributed by atoms with E-state index in [2.05, 4.69) is 31.6 Å². The van der Waals surface area contributed by atoms with Gasteiger partial charge in [-0.2, -0.15) is 17.7 Å². The molecule has 80 valence electrons. The van der Waals surface area contributed by atoms with E-state index in [9.17, 15) is 0 Å². The first kappa shape index (κ1) is 11.6. The van der Waals surface area contributed by atoms with E-state index in [0.29, 0.717) is 13.2 Å². The molecule has 1 heterocycles. The molecule has 0 N–H and O–H groups in total. The SMILES string of the molecule is Cc1nn(CCOCCS)c(C)c1C. The van der Waals surface area contributed by atoms with Crippen molar-refractivity contribution in [1.29, 1.82) is 0 Å². The first-order valence-electron chi connectivity index (χ1n) is 4.86. The predicted octanol–water partition coefficient (Wildman–Crippen LogP) is 1.75. The highest BCUT2D eigenvalue weighted by Crippen LogP contribution is 2.10. The van der Waals surface area contributed by atoms with Crippen molar-refractivity contribution in [1.82, 2.24) is 9.78 Å². The van der Waals surface area contributed by atoms with Crippen LogP contribution in [0.5, 0.6) is 0 Å². The first-order valence-corrected chi connectivity index (χ1v) is 5.49. The summed E-state index contributed by atoms with van der Waals surface area (Å²) in [7, 11) is 0. The number of nitrogens with zero attached hydrogens (tertiary/aromatic N) is 2. The van der Waals surface area contributed by atoms with E-state index in [1.54, 1.807) is 0 Å². The molecular formula is C10H18N2OS. The Bertz CT molecular complexity index is 297. The summed E-state index contributed by atoms with van der Waals surface area (Å²) in [5.74, 6) is 0.774. The molecular weight excluding hydrogens is 196 g/mol. The molecule has 1 rings (SSSR count). The maximum Gasteiger partial charge on any atom is 0.0663 e. The average molecular weight is 214 g/mol. The van der Waals surface area contributed by atoms with Gasteiger partial charge in [0.25, 0.3) is 0 Å². The van der Waals surface area contributed by atoms with Crippen molar-refractivity contribution in [3.05, 3.63) is 17.0 Å². The highest BCUT2D eigenvalue weighted by Gasteiger charge is 2.05. The van der Waals surface area contributed by atoms with Crippen LogP contribution in [-0.2, 0) is 11.3 Å². The normalized spacial score (nSPS) is 10.9. The molecule has 0 spiro atoms. The first-order chi connectivity index (χ1) is 6.66. The lowest BCUT2D eigenvalue weighted by molar-refractivity contribution is 0.138. The second-order valence-corrected chi connectivity index (χ2v) is 3.80. The molecule has 0 fully saturated rings. The van der Waals surface area contributed by atoms with Gasteiger partial charge in [-0.3, -0.25) is 4.68 Å². The molecule has 14 heavy (non-hydrogen) atoms. The van der Waals surface area contributed by atoms with Gasteiger partial charge in [-0.05, 0) is 26.3 Å². The van der Waals surface area contributed by atoms with Crippen molar-refractivity contribution in [2.75, 3.05) is 19.0 Å². The van der Waals surface area contributed by atoms with Crippen molar-refractivity contribution in [3.8, 4) is 0 Å². The molecule has 0 aromatic carbocycles. The quantitative estimate of drug-likeness (QED) is 0.597. The van der Waals surface area contributed by atoms with Crippen LogP contribution in [0.2, 0.25) is 0 Å². The number of thiol groups is 1. The van der Waals surface area contributed by atoms with Gasteiger partial charge in [-0.15, -0.1) is 0 Å². The Kier molecular flexibility index (Phi) is 4.48. The summed E-state index contributed by atoms with van der Waals surface area (Å²) >= 11 is 4.07. The van der Waals surface area contributed by atoms with Gasteiger partial charge in [0, 0.05) is 11.4 Å². The molecule has 0 radical (unpaired) electrons. The van der Waals surface area contributed by atoms with E-state index >= 15 is 0 Å². The number of hydrogen-bond donors (Lipinski definition) is 1. The van der Waals surface area contributed by atoms with Crippen molar-refractivity contribution in [2.45, 2.75) is 27.3 Å². The zero-order valence-corrected chi connectivity index (χ0v) is 9.97. The molecule has 0 aliphatic carbocycles. The number of ether oxygens (including phenoxy) is 1. The predicted molar refractivity (Wildman–Crippen MR) is 61.1 cm³/mol. The summed E-state index contributed by atoms with van der Waals surface area (Å²) in [5.41, 5.74) is 3.62. The molecule has 0 unspecified atom stereocenters. The van der Waals surface area contributed by atoms with Crippen molar-refractivity contribution in [2.24, 2.45) is 0 Å². The van der Waals surface area contributed by atoms with Crippen LogP contribution in [0.3, 0.4) is 0 Å². The number of rotatable bonds is 5. The van der Waals surface area contributed by atoms with Gasteiger partial charge in [-0.25, -0.2) is 0 Å². The molecule has 0 bridgehead atoms. The Morgan fingerprint density at radius 2 is 2.00 bits per heavy atom. The van der Waals surface area contributed by atoms with E-state index in [-0.39, 0.29) is 0 Å². The fraction of sp³-hybridized carbons (Fsp3) is 0.700. The fourth-order valence-electron chi connectivity index (χ4n) is 1.32. The lowest BCUT2D eigenvalue weighted by Crippen LogP contribution is -2.10. The van der Waals surface area contributed by atoms with Crippen LogP contribution in [0.1, 0.15) is 17.0 Å². The van der Waals surface area contributed by atoms with E-state index in [1.165, 1.54) is 11.3 Å². The highest BCUT2D eigenvalue weighted by atomic mass is 32.1. The summed E-state index contributed by atoms with van der Waals surface area (Å²) < 4.78 is 7.36. The van der Waals surface area contributed by atoms with Crippen molar-refractivity contribution in [3.63, 3.8) is 0 Å². The lowest BCUT2D eigenvalue weighted by Gasteiger charge is -2.04. The summed E-state index contributed by atoms with van der Waals surface area (Å²) in [6, 6.07) is 0. The number of aromatic nitrogens is 2. The molecule has 0 aliphatic rings. The molecule has 0 atom stereocenters. The zero-order valence-electron chi connectivity index (χ0n) is 9.08. The van der Waals surface area contributed by atoms with Crippen LogP contribution < -0.4 is 0 Å². The highest BCUT2D eigenvalue weighted by molar-refractivity contribution is 7.80. The van der Waals surface area contributed by atoms with Crippen LogP contribution in [-0.4, -0.2) is 28.7 Å². The Morgan fingerprint density at radius 1 is 1.29 bits per heavy atom. The zero-order chi connectivity index (χ0) is 10.6. The Morgan fingerprint density at radius 3 is 2.50 bits per heavy atom. The third-order valence-electron chi connectivity index (χ3n) is 2.43. The molecule has 1 aromatic heterocycles. The van der Waals surface area contributed by atoms with Crippen molar-refractivity contribution < 1.29 is 4.74 Å². The molecule has 3 nitrogen and oxygen atoms in total. The second-order valence-electron chi connectivity index (χ2n) is 3.35. The van der Waals surface area contributed by atoms with Gasteiger partial charge in [-0.1, -0.05) is 0 Å². The largest absolute Gasteiger partial charge is 0.379 e. The van der Waals surface area contributed by atoms with Crippen LogP contribution >= 0.6 is 12.6 Å². The maximum absolute atomic E-state index is 5.35. The van der Waals surface area contributed by atoms with E-state index in [1.807, 2.05) is 11.6 Å². The molecule has 4 heteroatoms. The Hall–Kier alpha value is -0.480. The minimum Gasteiger partial charge on any atom is -0.379 e. The number of hydrogen-bond acceptors (Lipinski definition) is 3.